The van der Waals surface area contributed by atoms with Crippen molar-refractivity contribution in [3.05, 3.63) is 34.9 Å². The van der Waals surface area contributed by atoms with Gasteiger partial charge in [0.15, 0.2) is 11.0 Å². The summed E-state index contributed by atoms with van der Waals surface area (Å²) in [6.45, 7) is 1.07. The Morgan fingerprint density at radius 3 is 2.69 bits per heavy atom. The number of carbonyl (C=O) groups excluding carboxylic acids is 1. The zero-order chi connectivity index (χ0) is 11.5. The summed E-state index contributed by atoms with van der Waals surface area (Å²) in [5, 5.41) is 8.73. The normalized spacial score (nSPS) is 15.6. The zero-order valence-corrected chi connectivity index (χ0v) is 10.1. The van der Waals surface area contributed by atoms with Gasteiger partial charge in [-0.1, -0.05) is 23.4 Å². The van der Waals surface area contributed by atoms with E-state index in [4.69, 9.17) is 17.0 Å². The van der Waals surface area contributed by atoms with Crippen LogP contribution in [0.4, 0.5) is 0 Å². The van der Waals surface area contributed by atoms with Crippen molar-refractivity contribution in [2.45, 2.75) is 0 Å². The fourth-order valence-electron chi connectivity index (χ4n) is 1.50. The number of halogens is 1. The Balaban J connectivity index is 2.02. The number of hydrogen-bond acceptors (Lipinski definition) is 3. The first-order valence-corrected chi connectivity index (χ1v) is 6.28. The molecule has 0 aliphatic carbocycles. The smallest absolute Gasteiger partial charge is 0.182 e. The van der Waals surface area contributed by atoms with Crippen molar-refractivity contribution in [2.75, 3.05) is 18.8 Å². The summed E-state index contributed by atoms with van der Waals surface area (Å²) in [7, 11) is 0. The van der Waals surface area contributed by atoms with Gasteiger partial charge in [-0.3, -0.25) is 10.2 Å². The SMILES string of the molecule is N=C1SCCN1CC(=O)c1ccc(Cl)cc1. The van der Waals surface area contributed by atoms with E-state index >= 15 is 0 Å². The molecule has 0 radical (unpaired) electrons. The highest BCUT2D eigenvalue weighted by atomic mass is 35.5. The quantitative estimate of drug-likeness (QED) is 0.843. The van der Waals surface area contributed by atoms with Crippen LogP contribution >= 0.6 is 23.4 Å². The van der Waals surface area contributed by atoms with Gasteiger partial charge in [-0.25, -0.2) is 0 Å². The van der Waals surface area contributed by atoms with E-state index in [2.05, 4.69) is 0 Å². The van der Waals surface area contributed by atoms with Crippen LogP contribution in [0.5, 0.6) is 0 Å². The van der Waals surface area contributed by atoms with Crippen LogP contribution in [0.3, 0.4) is 0 Å². The largest absolute Gasteiger partial charge is 0.343 e. The van der Waals surface area contributed by atoms with Gasteiger partial charge in [0.25, 0.3) is 0 Å². The van der Waals surface area contributed by atoms with Gasteiger partial charge < -0.3 is 4.90 Å². The molecule has 1 fully saturated rings. The van der Waals surface area contributed by atoms with Gasteiger partial charge in [-0.05, 0) is 24.3 Å². The number of carbonyl (C=O) groups is 1. The molecule has 1 aliphatic heterocycles. The van der Waals surface area contributed by atoms with Crippen molar-refractivity contribution < 1.29 is 4.79 Å². The summed E-state index contributed by atoms with van der Waals surface area (Å²) in [6, 6.07) is 6.85. The van der Waals surface area contributed by atoms with Gasteiger partial charge in [0.2, 0.25) is 0 Å². The van der Waals surface area contributed by atoms with Gasteiger partial charge in [-0.15, -0.1) is 0 Å². The molecule has 3 nitrogen and oxygen atoms in total. The van der Waals surface area contributed by atoms with Crippen molar-refractivity contribution >= 4 is 34.3 Å². The predicted molar refractivity (Wildman–Crippen MR) is 67.5 cm³/mol. The van der Waals surface area contributed by atoms with E-state index in [0.717, 1.165) is 12.3 Å². The van der Waals surface area contributed by atoms with Crippen molar-refractivity contribution in [1.82, 2.24) is 4.90 Å². The minimum absolute atomic E-state index is 0.0314. The lowest BCUT2D eigenvalue weighted by atomic mass is 10.1. The Labute approximate surface area is 103 Å². The summed E-state index contributed by atoms with van der Waals surface area (Å²) in [6.07, 6.45) is 0. The van der Waals surface area contributed by atoms with Crippen LogP contribution in [0.2, 0.25) is 5.02 Å². The van der Waals surface area contributed by atoms with E-state index in [9.17, 15) is 4.79 Å². The number of nitrogens with zero attached hydrogens (tertiary/aromatic N) is 1. The van der Waals surface area contributed by atoms with Crippen LogP contribution in [-0.4, -0.2) is 34.7 Å². The van der Waals surface area contributed by atoms with Gasteiger partial charge in [0.05, 0.1) is 6.54 Å². The van der Waals surface area contributed by atoms with E-state index < -0.39 is 0 Å². The third-order valence-electron chi connectivity index (χ3n) is 2.39. The Hall–Kier alpha value is -1.00. The second-order valence-corrected chi connectivity index (χ2v) is 5.03. The van der Waals surface area contributed by atoms with Gasteiger partial charge >= 0.3 is 0 Å². The van der Waals surface area contributed by atoms with Crippen molar-refractivity contribution in [3.63, 3.8) is 0 Å². The second-order valence-electron chi connectivity index (χ2n) is 3.51. The number of ketones is 1. The minimum Gasteiger partial charge on any atom is -0.343 e. The van der Waals surface area contributed by atoms with E-state index in [1.54, 1.807) is 29.2 Å². The number of rotatable bonds is 3. The van der Waals surface area contributed by atoms with Crippen LogP contribution in [-0.2, 0) is 0 Å². The monoisotopic (exact) mass is 254 g/mol. The van der Waals surface area contributed by atoms with E-state index in [-0.39, 0.29) is 12.3 Å². The van der Waals surface area contributed by atoms with Gasteiger partial charge in [0.1, 0.15) is 0 Å². The van der Waals surface area contributed by atoms with Crippen LogP contribution in [0.25, 0.3) is 0 Å². The number of Topliss-reactive ketones (excluding diaryl/α,β-unsaturated/α-hetero) is 1. The standard InChI is InChI=1S/C11H11ClN2OS/c12-9-3-1-8(2-4-9)10(15)7-14-5-6-16-11(14)13/h1-4,13H,5-7H2. The maximum absolute atomic E-state index is 11.9. The maximum atomic E-state index is 11.9. The predicted octanol–water partition coefficient (Wildman–Crippen LogP) is 2.51. The van der Waals surface area contributed by atoms with E-state index in [0.29, 0.717) is 15.8 Å². The summed E-state index contributed by atoms with van der Waals surface area (Å²) in [5.74, 6) is 0.927. The molecule has 0 unspecified atom stereocenters. The van der Waals surface area contributed by atoms with Crippen LogP contribution < -0.4 is 0 Å². The molecule has 1 aromatic carbocycles. The van der Waals surface area contributed by atoms with Crippen LogP contribution in [0.15, 0.2) is 24.3 Å². The lowest BCUT2D eigenvalue weighted by Crippen LogP contribution is -2.30. The fourth-order valence-corrected chi connectivity index (χ4v) is 2.47. The number of nitrogens with one attached hydrogen (secondary N) is 1. The first-order chi connectivity index (χ1) is 7.66. The Morgan fingerprint density at radius 1 is 1.44 bits per heavy atom. The number of benzene rings is 1. The molecule has 1 aromatic rings. The van der Waals surface area contributed by atoms with Crippen molar-refractivity contribution in [3.8, 4) is 0 Å². The molecule has 1 heterocycles. The van der Waals surface area contributed by atoms with Crippen molar-refractivity contribution in [1.29, 1.82) is 5.41 Å². The third-order valence-corrected chi connectivity index (χ3v) is 3.56. The molecule has 2 rings (SSSR count). The Bertz CT molecular complexity index is 418. The summed E-state index contributed by atoms with van der Waals surface area (Å²) >= 11 is 7.23. The molecule has 0 amide bonds. The van der Waals surface area contributed by atoms with Crippen LogP contribution in [0, 0.1) is 5.41 Å². The van der Waals surface area contributed by atoms with Gasteiger partial charge in [0, 0.05) is 22.9 Å². The molecule has 0 aromatic heterocycles. The highest BCUT2D eigenvalue weighted by Gasteiger charge is 2.20. The lowest BCUT2D eigenvalue weighted by Gasteiger charge is -2.15. The summed E-state index contributed by atoms with van der Waals surface area (Å²) in [5.41, 5.74) is 0.647. The first-order valence-electron chi connectivity index (χ1n) is 4.92. The van der Waals surface area contributed by atoms with E-state index in [1.807, 2.05) is 0 Å². The van der Waals surface area contributed by atoms with Crippen molar-refractivity contribution in [2.24, 2.45) is 0 Å². The molecule has 1 N–H and O–H groups in total. The summed E-state index contributed by atoms with van der Waals surface area (Å²) in [4.78, 5) is 13.7. The molecular weight excluding hydrogens is 244 g/mol. The number of thioether (sulfide) groups is 1. The second kappa shape index (κ2) is 4.89. The lowest BCUT2D eigenvalue weighted by molar-refractivity contribution is 0.0966. The number of amidine groups is 1. The first kappa shape index (κ1) is 11.5. The molecule has 0 spiro atoms. The zero-order valence-electron chi connectivity index (χ0n) is 8.57. The molecule has 1 aliphatic rings. The Morgan fingerprint density at radius 2 is 2.12 bits per heavy atom. The fraction of sp³-hybridized carbons (Fsp3) is 0.273. The summed E-state index contributed by atoms with van der Waals surface area (Å²) < 4.78 is 0. The van der Waals surface area contributed by atoms with Crippen LogP contribution in [0.1, 0.15) is 10.4 Å². The third kappa shape index (κ3) is 2.57. The molecule has 0 atom stereocenters. The number of hydrogen-bond donors (Lipinski definition) is 1. The average molecular weight is 255 g/mol. The maximum Gasteiger partial charge on any atom is 0.182 e. The molecule has 0 bridgehead atoms. The molecular formula is C11H11ClN2OS. The Kier molecular flexibility index (Phi) is 3.51. The molecule has 84 valence electrons. The average Bonchev–Trinajstić information content (AvgIpc) is 2.65. The molecule has 1 saturated heterocycles. The highest BCUT2D eigenvalue weighted by molar-refractivity contribution is 8.14. The molecule has 5 heteroatoms. The van der Waals surface area contributed by atoms with E-state index in [1.165, 1.54) is 11.8 Å². The topological polar surface area (TPSA) is 44.2 Å². The molecule has 16 heavy (non-hydrogen) atoms. The molecule has 0 saturated carbocycles. The minimum atomic E-state index is 0.0314. The van der Waals surface area contributed by atoms with Gasteiger partial charge in [-0.2, -0.15) is 0 Å². The highest BCUT2D eigenvalue weighted by Crippen LogP contribution is 2.17.